The molecule has 1 aliphatic rings. The molecule has 0 bridgehead atoms. The quantitative estimate of drug-likeness (QED) is 0.637. The van der Waals surface area contributed by atoms with E-state index in [2.05, 4.69) is 15.4 Å². The molecule has 0 amide bonds. The van der Waals surface area contributed by atoms with Gasteiger partial charge in [0.15, 0.2) is 5.11 Å². The third-order valence-electron chi connectivity index (χ3n) is 3.24. The maximum atomic E-state index is 12.2. The van der Waals surface area contributed by atoms with Gasteiger partial charge in [-0.1, -0.05) is 30.3 Å². The van der Waals surface area contributed by atoms with Gasteiger partial charge in [-0.05, 0) is 17.8 Å². The molecular weight excluding hydrogens is 304 g/mol. The highest BCUT2D eigenvalue weighted by atomic mass is 32.1. The van der Waals surface area contributed by atoms with Crippen molar-refractivity contribution in [1.82, 2.24) is 10.6 Å². The number of methoxy groups -OCH3 is 2. The van der Waals surface area contributed by atoms with Crippen molar-refractivity contribution in [2.24, 2.45) is 0 Å². The SMILES string of the molecule is COC(=O)CC1=C(C(=O)OC)C(c2ccccc2)NC(=S)N1. The van der Waals surface area contributed by atoms with E-state index in [1.54, 1.807) is 0 Å². The molecule has 0 saturated heterocycles. The lowest BCUT2D eigenvalue weighted by Gasteiger charge is -2.30. The van der Waals surface area contributed by atoms with Crippen LogP contribution in [0.2, 0.25) is 0 Å². The van der Waals surface area contributed by atoms with Gasteiger partial charge in [-0.2, -0.15) is 0 Å². The smallest absolute Gasteiger partial charge is 0.337 e. The molecular formula is C15H16N2O4S. The minimum atomic E-state index is -0.532. The van der Waals surface area contributed by atoms with E-state index in [1.807, 2.05) is 30.3 Å². The number of carbonyl (C=O) groups is 2. The van der Waals surface area contributed by atoms with Gasteiger partial charge in [-0.3, -0.25) is 4.79 Å². The molecule has 1 atom stereocenters. The van der Waals surface area contributed by atoms with Gasteiger partial charge in [0.25, 0.3) is 0 Å². The Balaban J connectivity index is 2.50. The molecule has 0 spiro atoms. The topological polar surface area (TPSA) is 76.7 Å². The van der Waals surface area contributed by atoms with E-state index in [4.69, 9.17) is 17.0 Å². The van der Waals surface area contributed by atoms with E-state index in [1.165, 1.54) is 14.2 Å². The summed E-state index contributed by atoms with van der Waals surface area (Å²) < 4.78 is 9.51. The molecule has 1 aromatic rings. The third-order valence-corrected chi connectivity index (χ3v) is 3.46. The van der Waals surface area contributed by atoms with Crippen LogP contribution in [-0.4, -0.2) is 31.3 Å². The fourth-order valence-electron chi connectivity index (χ4n) is 2.22. The lowest BCUT2D eigenvalue weighted by Crippen LogP contribution is -2.46. The molecule has 116 valence electrons. The van der Waals surface area contributed by atoms with Crippen molar-refractivity contribution >= 4 is 29.3 Å². The Labute approximate surface area is 133 Å². The van der Waals surface area contributed by atoms with E-state index in [-0.39, 0.29) is 6.42 Å². The molecule has 0 aliphatic carbocycles. The summed E-state index contributed by atoms with van der Waals surface area (Å²) in [7, 11) is 2.58. The van der Waals surface area contributed by atoms with Crippen molar-refractivity contribution in [1.29, 1.82) is 0 Å². The Morgan fingerprint density at radius 3 is 2.45 bits per heavy atom. The average Bonchev–Trinajstić information content (AvgIpc) is 2.54. The monoisotopic (exact) mass is 320 g/mol. The average molecular weight is 320 g/mol. The van der Waals surface area contributed by atoms with Gasteiger partial charge in [-0.25, -0.2) is 4.79 Å². The first-order valence-corrected chi connectivity index (χ1v) is 6.98. The van der Waals surface area contributed by atoms with Gasteiger partial charge in [0.05, 0.1) is 32.3 Å². The maximum absolute atomic E-state index is 12.2. The standard InChI is InChI=1S/C15H16N2O4S/c1-20-11(18)8-10-12(14(19)21-2)13(17-15(22)16-10)9-6-4-3-5-7-9/h3-7,13H,8H2,1-2H3,(H2,16,17,22). The third kappa shape index (κ3) is 3.43. The summed E-state index contributed by atoms with van der Waals surface area (Å²) in [5.41, 5.74) is 1.54. The molecule has 0 radical (unpaired) electrons. The molecule has 1 unspecified atom stereocenters. The molecule has 1 aromatic carbocycles. The number of hydrogen-bond acceptors (Lipinski definition) is 5. The van der Waals surface area contributed by atoms with Gasteiger partial charge in [0.1, 0.15) is 0 Å². The molecule has 0 aromatic heterocycles. The number of benzene rings is 1. The molecule has 2 rings (SSSR count). The Kier molecular flexibility index (Phi) is 5.11. The minimum absolute atomic E-state index is 0.0912. The van der Waals surface area contributed by atoms with E-state index < -0.39 is 18.0 Å². The molecule has 7 heteroatoms. The molecule has 0 saturated carbocycles. The zero-order valence-electron chi connectivity index (χ0n) is 12.2. The Hall–Kier alpha value is -2.41. The summed E-state index contributed by atoms with van der Waals surface area (Å²) in [5, 5.41) is 6.21. The van der Waals surface area contributed by atoms with Crippen molar-refractivity contribution in [3.8, 4) is 0 Å². The summed E-state index contributed by atoms with van der Waals surface area (Å²) in [6.45, 7) is 0. The normalized spacial score (nSPS) is 17.4. The largest absolute Gasteiger partial charge is 0.469 e. The second kappa shape index (κ2) is 7.04. The van der Waals surface area contributed by atoms with Crippen LogP contribution in [0.25, 0.3) is 0 Å². The lowest BCUT2D eigenvalue weighted by molar-refractivity contribution is -0.139. The van der Waals surface area contributed by atoms with Crippen LogP contribution in [0.4, 0.5) is 0 Å². The number of esters is 2. The van der Waals surface area contributed by atoms with E-state index in [0.717, 1.165) is 5.56 Å². The van der Waals surface area contributed by atoms with Crippen LogP contribution in [0.15, 0.2) is 41.6 Å². The highest BCUT2D eigenvalue weighted by Gasteiger charge is 2.32. The zero-order chi connectivity index (χ0) is 16.1. The second-order valence-electron chi connectivity index (χ2n) is 4.58. The summed E-state index contributed by atoms with van der Waals surface area (Å²) in [6, 6.07) is 8.84. The van der Waals surface area contributed by atoms with Crippen molar-refractivity contribution in [2.45, 2.75) is 12.5 Å². The Morgan fingerprint density at radius 1 is 1.18 bits per heavy atom. The number of carbonyl (C=O) groups excluding carboxylic acids is 2. The van der Waals surface area contributed by atoms with Gasteiger partial charge >= 0.3 is 11.9 Å². The van der Waals surface area contributed by atoms with E-state index >= 15 is 0 Å². The molecule has 1 aliphatic heterocycles. The second-order valence-corrected chi connectivity index (χ2v) is 4.99. The maximum Gasteiger partial charge on any atom is 0.337 e. The van der Waals surface area contributed by atoms with Crippen LogP contribution in [0.5, 0.6) is 0 Å². The first-order valence-electron chi connectivity index (χ1n) is 6.57. The molecule has 1 heterocycles. The van der Waals surface area contributed by atoms with Crippen LogP contribution in [0, 0.1) is 0 Å². The Morgan fingerprint density at radius 2 is 1.86 bits per heavy atom. The zero-order valence-corrected chi connectivity index (χ0v) is 13.0. The highest BCUT2D eigenvalue weighted by Crippen LogP contribution is 2.28. The lowest BCUT2D eigenvalue weighted by atomic mass is 9.94. The van der Waals surface area contributed by atoms with Gasteiger partial charge in [-0.15, -0.1) is 0 Å². The van der Waals surface area contributed by atoms with Crippen LogP contribution in [0.1, 0.15) is 18.0 Å². The van der Waals surface area contributed by atoms with Crippen LogP contribution < -0.4 is 10.6 Å². The van der Waals surface area contributed by atoms with Gasteiger partial charge in [0, 0.05) is 5.70 Å². The first-order chi connectivity index (χ1) is 10.6. The van der Waals surface area contributed by atoms with Crippen LogP contribution in [0.3, 0.4) is 0 Å². The number of hydrogen-bond donors (Lipinski definition) is 2. The van der Waals surface area contributed by atoms with Crippen LogP contribution in [-0.2, 0) is 19.1 Å². The summed E-state index contributed by atoms with van der Waals surface area (Å²) in [4.78, 5) is 23.8. The minimum Gasteiger partial charge on any atom is -0.469 e. The fourth-order valence-corrected chi connectivity index (χ4v) is 2.46. The molecule has 0 fully saturated rings. The van der Waals surface area contributed by atoms with Crippen LogP contribution >= 0.6 is 12.2 Å². The number of ether oxygens (including phenoxy) is 2. The fraction of sp³-hybridized carbons (Fsp3) is 0.267. The van der Waals surface area contributed by atoms with Crippen molar-refractivity contribution in [3.63, 3.8) is 0 Å². The summed E-state index contributed by atoms with van der Waals surface area (Å²) in [6.07, 6.45) is -0.0912. The van der Waals surface area contributed by atoms with Crippen molar-refractivity contribution in [3.05, 3.63) is 47.2 Å². The highest BCUT2D eigenvalue weighted by molar-refractivity contribution is 7.80. The van der Waals surface area contributed by atoms with Crippen molar-refractivity contribution < 1.29 is 19.1 Å². The van der Waals surface area contributed by atoms with E-state index in [9.17, 15) is 9.59 Å². The molecule has 22 heavy (non-hydrogen) atoms. The Bertz CT molecular complexity index is 628. The summed E-state index contributed by atoms with van der Waals surface area (Å²) >= 11 is 5.16. The van der Waals surface area contributed by atoms with E-state index in [0.29, 0.717) is 16.4 Å². The summed E-state index contributed by atoms with van der Waals surface area (Å²) in [5.74, 6) is -1.00. The first kappa shape index (κ1) is 16.0. The van der Waals surface area contributed by atoms with Crippen molar-refractivity contribution in [2.75, 3.05) is 14.2 Å². The number of rotatable bonds is 4. The predicted molar refractivity (Wildman–Crippen MR) is 83.7 cm³/mol. The molecule has 6 nitrogen and oxygen atoms in total. The van der Waals surface area contributed by atoms with Gasteiger partial charge in [0.2, 0.25) is 0 Å². The predicted octanol–water partition coefficient (Wildman–Crippen LogP) is 1.20. The van der Waals surface area contributed by atoms with Gasteiger partial charge < -0.3 is 20.1 Å². The molecule has 2 N–H and O–H groups in total. The number of nitrogens with one attached hydrogen (secondary N) is 2. The number of thiocarbonyl (C=S) groups is 1.